The van der Waals surface area contributed by atoms with Gasteiger partial charge in [-0.2, -0.15) is 0 Å². The minimum absolute atomic E-state index is 0.0451. The molecule has 1 aromatic heterocycles. The molecule has 0 unspecified atom stereocenters. The summed E-state index contributed by atoms with van der Waals surface area (Å²) in [4.78, 5) is 29.8. The van der Waals surface area contributed by atoms with Crippen LogP contribution < -0.4 is 5.32 Å². The number of aromatic nitrogens is 1. The van der Waals surface area contributed by atoms with E-state index >= 15 is 0 Å². The fraction of sp³-hybridized carbons (Fsp3) is 0.583. The van der Waals surface area contributed by atoms with Crippen LogP contribution in [0.4, 0.5) is 0 Å². The molecule has 2 heterocycles. The summed E-state index contributed by atoms with van der Waals surface area (Å²) in [6, 6.07) is 0.162. The van der Waals surface area contributed by atoms with Crippen LogP contribution in [0.5, 0.6) is 0 Å². The molecule has 0 spiro atoms. The number of aryl methyl sites for hydroxylation is 1. The molecule has 1 saturated heterocycles. The molecular weight excluding hydrogens is 250 g/mol. The molecule has 6 heteroatoms. The highest BCUT2D eigenvalue weighted by atomic mass is 32.1. The second-order valence-electron chi connectivity index (χ2n) is 4.52. The third-order valence-electron chi connectivity index (χ3n) is 3.23. The fourth-order valence-corrected chi connectivity index (χ4v) is 2.81. The molecule has 1 aliphatic rings. The topological polar surface area (TPSA) is 62.3 Å². The standard InChI is InChI=1S/C12H17N3O2S/c1-8-11(18-7-13-8)12(17)14-10-3-5-15(6-4-10)9(2)16/h7,10H,3-6H2,1-2H3,(H,14,17). The number of carbonyl (C=O) groups is 2. The number of thiazole rings is 1. The summed E-state index contributed by atoms with van der Waals surface area (Å²) in [5, 5.41) is 3.02. The predicted octanol–water partition coefficient (Wildman–Crippen LogP) is 1.19. The monoisotopic (exact) mass is 267 g/mol. The highest BCUT2D eigenvalue weighted by Gasteiger charge is 2.23. The molecule has 0 aromatic carbocycles. The zero-order valence-electron chi connectivity index (χ0n) is 10.6. The van der Waals surface area contributed by atoms with Gasteiger partial charge in [0.1, 0.15) is 4.88 Å². The summed E-state index contributed by atoms with van der Waals surface area (Å²) in [6.45, 7) is 4.87. The van der Waals surface area contributed by atoms with Gasteiger partial charge >= 0.3 is 0 Å². The van der Waals surface area contributed by atoms with Crippen LogP contribution in [0.3, 0.4) is 0 Å². The zero-order valence-corrected chi connectivity index (χ0v) is 11.4. The molecule has 0 atom stereocenters. The Morgan fingerprint density at radius 1 is 1.44 bits per heavy atom. The van der Waals surface area contributed by atoms with Crippen molar-refractivity contribution >= 4 is 23.2 Å². The van der Waals surface area contributed by atoms with E-state index in [1.165, 1.54) is 11.3 Å². The number of piperidine rings is 1. The molecular formula is C12H17N3O2S. The Kier molecular flexibility index (Phi) is 3.96. The molecule has 98 valence electrons. The minimum atomic E-state index is -0.0451. The van der Waals surface area contributed by atoms with Crippen molar-refractivity contribution in [2.75, 3.05) is 13.1 Å². The average Bonchev–Trinajstić information content (AvgIpc) is 2.76. The summed E-state index contributed by atoms with van der Waals surface area (Å²) >= 11 is 1.36. The van der Waals surface area contributed by atoms with Gasteiger partial charge in [-0.05, 0) is 19.8 Å². The van der Waals surface area contributed by atoms with Crippen LogP contribution >= 0.6 is 11.3 Å². The van der Waals surface area contributed by atoms with E-state index in [4.69, 9.17) is 0 Å². The van der Waals surface area contributed by atoms with Gasteiger partial charge in [-0.3, -0.25) is 9.59 Å². The molecule has 5 nitrogen and oxygen atoms in total. The lowest BCUT2D eigenvalue weighted by molar-refractivity contribution is -0.129. The Morgan fingerprint density at radius 2 is 2.11 bits per heavy atom. The van der Waals surface area contributed by atoms with Crippen molar-refractivity contribution in [3.8, 4) is 0 Å². The largest absolute Gasteiger partial charge is 0.348 e. The van der Waals surface area contributed by atoms with Crippen molar-refractivity contribution in [2.24, 2.45) is 0 Å². The quantitative estimate of drug-likeness (QED) is 0.875. The lowest BCUT2D eigenvalue weighted by atomic mass is 10.0. The number of hydrogen-bond acceptors (Lipinski definition) is 4. The first-order chi connectivity index (χ1) is 8.58. The summed E-state index contributed by atoms with van der Waals surface area (Å²) in [6.07, 6.45) is 1.65. The Hall–Kier alpha value is -1.43. The Labute approximate surface area is 110 Å². The maximum absolute atomic E-state index is 12.0. The lowest BCUT2D eigenvalue weighted by Crippen LogP contribution is -2.45. The van der Waals surface area contributed by atoms with Crippen LogP contribution in [-0.2, 0) is 4.79 Å². The normalized spacial score (nSPS) is 16.7. The average molecular weight is 267 g/mol. The first-order valence-corrected chi connectivity index (χ1v) is 6.92. The van der Waals surface area contributed by atoms with E-state index in [0.717, 1.165) is 31.6 Å². The van der Waals surface area contributed by atoms with E-state index in [-0.39, 0.29) is 17.9 Å². The molecule has 2 rings (SSSR count). The molecule has 0 radical (unpaired) electrons. The molecule has 2 amide bonds. The van der Waals surface area contributed by atoms with E-state index in [1.807, 2.05) is 11.8 Å². The number of rotatable bonds is 2. The molecule has 1 aromatic rings. The summed E-state index contributed by atoms with van der Waals surface area (Å²) in [7, 11) is 0. The number of carbonyl (C=O) groups excluding carboxylic acids is 2. The Balaban J connectivity index is 1.87. The van der Waals surface area contributed by atoms with Crippen LogP contribution in [0.1, 0.15) is 35.1 Å². The van der Waals surface area contributed by atoms with Crippen molar-refractivity contribution in [3.63, 3.8) is 0 Å². The lowest BCUT2D eigenvalue weighted by Gasteiger charge is -2.31. The van der Waals surface area contributed by atoms with Gasteiger partial charge < -0.3 is 10.2 Å². The van der Waals surface area contributed by atoms with Crippen molar-refractivity contribution in [2.45, 2.75) is 32.7 Å². The van der Waals surface area contributed by atoms with E-state index in [1.54, 1.807) is 12.4 Å². The highest BCUT2D eigenvalue weighted by molar-refractivity contribution is 7.11. The smallest absolute Gasteiger partial charge is 0.263 e. The molecule has 0 aliphatic carbocycles. The first-order valence-electron chi connectivity index (χ1n) is 6.04. The van der Waals surface area contributed by atoms with Gasteiger partial charge in [0.2, 0.25) is 5.91 Å². The van der Waals surface area contributed by atoms with Crippen LogP contribution in [-0.4, -0.2) is 40.8 Å². The number of hydrogen-bond donors (Lipinski definition) is 1. The van der Waals surface area contributed by atoms with Crippen molar-refractivity contribution in [1.29, 1.82) is 0 Å². The Bertz CT molecular complexity index is 450. The number of amides is 2. The zero-order chi connectivity index (χ0) is 13.1. The van der Waals surface area contributed by atoms with Crippen LogP contribution in [0, 0.1) is 6.92 Å². The highest BCUT2D eigenvalue weighted by Crippen LogP contribution is 2.15. The summed E-state index contributed by atoms with van der Waals surface area (Å²) in [5.41, 5.74) is 2.46. The van der Waals surface area contributed by atoms with Crippen molar-refractivity contribution in [1.82, 2.24) is 15.2 Å². The van der Waals surface area contributed by atoms with Gasteiger partial charge in [0, 0.05) is 26.1 Å². The van der Waals surface area contributed by atoms with Gasteiger partial charge in [0.15, 0.2) is 0 Å². The fourth-order valence-electron chi connectivity index (χ4n) is 2.11. The summed E-state index contributed by atoms with van der Waals surface area (Å²) in [5.74, 6) is 0.0642. The molecule has 1 N–H and O–H groups in total. The van der Waals surface area contributed by atoms with Crippen LogP contribution in [0.2, 0.25) is 0 Å². The number of nitrogens with one attached hydrogen (secondary N) is 1. The number of likely N-dealkylation sites (tertiary alicyclic amines) is 1. The van der Waals surface area contributed by atoms with Crippen LogP contribution in [0.25, 0.3) is 0 Å². The predicted molar refractivity (Wildman–Crippen MR) is 69.6 cm³/mol. The molecule has 1 aliphatic heterocycles. The molecule has 1 fully saturated rings. The maximum Gasteiger partial charge on any atom is 0.263 e. The first kappa shape index (κ1) is 13.0. The maximum atomic E-state index is 12.0. The van der Waals surface area contributed by atoms with Crippen molar-refractivity contribution in [3.05, 3.63) is 16.1 Å². The minimum Gasteiger partial charge on any atom is -0.348 e. The second kappa shape index (κ2) is 5.48. The Morgan fingerprint density at radius 3 is 2.61 bits per heavy atom. The third-order valence-corrected chi connectivity index (χ3v) is 4.15. The van der Waals surface area contributed by atoms with Gasteiger partial charge in [0.05, 0.1) is 11.2 Å². The van der Waals surface area contributed by atoms with E-state index in [0.29, 0.717) is 4.88 Å². The van der Waals surface area contributed by atoms with Gasteiger partial charge in [0.25, 0.3) is 5.91 Å². The third kappa shape index (κ3) is 2.87. The SMILES string of the molecule is CC(=O)N1CCC(NC(=O)c2scnc2C)CC1. The van der Waals surface area contributed by atoms with Gasteiger partial charge in [-0.1, -0.05) is 0 Å². The van der Waals surface area contributed by atoms with E-state index in [2.05, 4.69) is 10.3 Å². The molecule has 18 heavy (non-hydrogen) atoms. The molecule has 0 saturated carbocycles. The van der Waals surface area contributed by atoms with Crippen LogP contribution in [0.15, 0.2) is 5.51 Å². The van der Waals surface area contributed by atoms with Gasteiger partial charge in [-0.15, -0.1) is 11.3 Å². The van der Waals surface area contributed by atoms with E-state index in [9.17, 15) is 9.59 Å². The van der Waals surface area contributed by atoms with Gasteiger partial charge in [-0.25, -0.2) is 4.98 Å². The summed E-state index contributed by atoms with van der Waals surface area (Å²) < 4.78 is 0. The van der Waals surface area contributed by atoms with Crippen molar-refractivity contribution < 1.29 is 9.59 Å². The second-order valence-corrected chi connectivity index (χ2v) is 5.38. The molecule has 0 bridgehead atoms. The van der Waals surface area contributed by atoms with E-state index < -0.39 is 0 Å². The number of nitrogens with zero attached hydrogens (tertiary/aromatic N) is 2.